The zero-order valence-corrected chi connectivity index (χ0v) is 68.5. The summed E-state index contributed by atoms with van der Waals surface area (Å²) in [7, 11) is 4.36. The van der Waals surface area contributed by atoms with E-state index in [0.717, 1.165) is 26.9 Å². The number of amides is 4. The Morgan fingerprint density at radius 3 is 0.724 bits per heavy atom. The van der Waals surface area contributed by atoms with E-state index < -0.39 is 11.9 Å². The number of carbonyl (C=O) groups is 8. The summed E-state index contributed by atoms with van der Waals surface area (Å²) in [5, 5.41) is 6.89. The molecule has 0 unspecified atom stereocenters. The third kappa shape index (κ3) is 75.5. The molecule has 0 aliphatic rings. The van der Waals surface area contributed by atoms with E-state index in [2.05, 4.69) is 25.4 Å². The van der Waals surface area contributed by atoms with Gasteiger partial charge in [0.15, 0.2) is 0 Å². The fraction of sp³-hybridized carbons (Fsp3) is 0.532. The van der Waals surface area contributed by atoms with Crippen molar-refractivity contribution < 1.29 is 146 Å². The number of carbonyl (C=O) groups excluding carboxylic acids is 7. The standard InChI is InChI=1S/3C8H8N2O.C5H9NO2.C4H7NO2.C4H6O3.C3H6O.10C2H6.CH5N.CH2O2.3Y/c3*1-6-5-9-8(11)7-3-2-4-10(6)7;1-4(7)6(3)5(2)8;1-4(7)5(2)3-6;1-3(5)7-4(2)6;1-3(2)4;11*1-2;2-1-3;;;/h3*2-5H,1H3,(H,9,11);1-3H3;3H,1-2H3;1-2H3;1-2H3;10*1-2H3;2H2,1H3;1H,(H,2,3);;;. The first kappa shape index (κ1) is 124. The molecule has 0 bridgehead atoms. The van der Waals surface area contributed by atoms with Gasteiger partial charge in [0.05, 0.1) is 0 Å². The molecule has 6 N–H and O–H groups in total. The summed E-state index contributed by atoms with van der Waals surface area (Å²) in [6.07, 6.45) is 11.2. The topological polar surface area (TPSA) is 310 Å². The van der Waals surface area contributed by atoms with Crippen molar-refractivity contribution >= 4 is 64.9 Å². The van der Waals surface area contributed by atoms with Gasteiger partial charge in [-0.25, -0.2) is 0 Å². The van der Waals surface area contributed by atoms with Crippen LogP contribution in [-0.4, -0.2) is 113 Å². The van der Waals surface area contributed by atoms with Crippen molar-refractivity contribution in [2.24, 2.45) is 5.73 Å². The number of Topliss-reactive ketones (excluding diaryl/α,β-unsaturated/α-hetero) is 1. The number of fused-ring (bicyclic) bond motifs is 3. The Balaban J connectivity index is -0.0000000457. The minimum Gasteiger partial charge on any atom is -0.483 e. The minimum atomic E-state index is -0.562. The van der Waals surface area contributed by atoms with E-state index in [1.54, 1.807) is 36.8 Å². The number of nitrogens with one attached hydrogen (secondary N) is 3. The monoisotopic (exact) mass is 1460 g/mol. The number of imide groups is 2. The first-order chi connectivity index (χ1) is 39.9. The molecule has 0 aliphatic heterocycles. The Bertz CT molecular complexity index is 2390. The smallest absolute Gasteiger partial charge is 0.310 e. The van der Waals surface area contributed by atoms with Gasteiger partial charge in [-0.3, -0.25) is 57.7 Å². The van der Waals surface area contributed by atoms with Crippen LogP contribution in [0, 0.1) is 20.8 Å². The van der Waals surface area contributed by atoms with Crippen molar-refractivity contribution in [3.63, 3.8) is 0 Å². The van der Waals surface area contributed by atoms with Gasteiger partial charge in [0.1, 0.15) is 22.3 Å². The molecule has 25 heteroatoms. The van der Waals surface area contributed by atoms with Gasteiger partial charge >= 0.3 is 11.9 Å². The van der Waals surface area contributed by atoms with Crippen LogP contribution >= 0.6 is 0 Å². The van der Waals surface area contributed by atoms with Crippen molar-refractivity contribution in [3.8, 4) is 0 Å². The number of rotatable bonds is 1. The minimum absolute atomic E-state index is 0. The fourth-order valence-electron chi connectivity index (χ4n) is 4.06. The predicted molar refractivity (Wildman–Crippen MR) is 353 cm³/mol. The molecule has 0 aliphatic carbocycles. The number of H-pyrrole nitrogens is 3. The second kappa shape index (κ2) is 97.6. The first-order valence-electron chi connectivity index (χ1n) is 28.6. The summed E-state index contributed by atoms with van der Waals surface area (Å²) < 4.78 is 9.55. The van der Waals surface area contributed by atoms with Crippen LogP contribution in [0.5, 0.6) is 0 Å². The molecule has 499 valence electrons. The van der Waals surface area contributed by atoms with Crippen LogP contribution < -0.4 is 22.4 Å². The second-order valence-corrected chi connectivity index (χ2v) is 12.5. The predicted octanol–water partition coefficient (Wildman–Crippen LogP) is 12.7. The summed E-state index contributed by atoms with van der Waals surface area (Å²) in [4.78, 5) is 121. The molecular formula is C62H119N9O13Y3. The van der Waals surface area contributed by atoms with Crippen LogP contribution in [0.4, 0.5) is 0 Å². The van der Waals surface area contributed by atoms with Gasteiger partial charge in [-0.2, -0.15) is 0 Å². The summed E-state index contributed by atoms with van der Waals surface area (Å²) in [5.41, 5.74) is 9.57. The number of aromatic nitrogens is 6. The van der Waals surface area contributed by atoms with Crippen molar-refractivity contribution in [1.82, 2.24) is 38.0 Å². The van der Waals surface area contributed by atoms with Gasteiger partial charge in [0.2, 0.25) is 24.1 Å². The van der Waals surface area contributed by atoms with Gasteiger partial charge in [0.25, 0.3) is 23.2 Å². The summed E-state index contributed by atoms with van der Waals surface area (Å²) in [6.45, 7) is 55.0. The molecule has 0 atom stereocenters. The van der Waals surface area contributed by atoms with Gasteiger partial charge in [-0.15, -0.1) is 0 Å². The van der Waals surface area contributed by atoms with Gasteiger partial charge < -0.3 is 48.5 Å². The third-order valence-electron chi connectivity index (χ3n) is 7.21. The molecule has 87 heavy (non-hydrogen) atoms. The fourth-order valence-corrected chi connectivity index (χ4v) is 4.06. The molecule has 0 spiro atoms. The molecule has 4 amide bonds. The molecule has 3 radical (unpaired) electrons. The molecular weight excluding hydrogens is 1350 g/mol. The van der Waals surface area contributed by atoms with Crippen LogP contribution in [0.2, 0.25) is 0 Å². The van der Waals surface area contributed by atoms with Crippen LogP contribution in [0.3, 0.4) is 0 Å². The van der Waals surface area contributed by atoms with Crippen LogP contribution in [-0.2, 0) is 141 Å². The number of nitrogens with two attached hydrogens (primary N) is 1. The Morgan fingerprint density at radius 1 is 0.448 bits per heavy atom. The second-order valence-electron chi connectivity index (χ2n) is 12.5. The van der Waals surface area contributed by atoms with E-state index >= 15 is 0 Å². The Labute approximate surface area is 599 Å². The number of esters is 2. The van der Waals surface area contributed by atoms with E-state index in [1.165, 1.54) is 69.6 Å². The number of ether oxygens (including phenoxy) is 1. The zero-order valence-electron chi connectivity index (χ0n) is 60.0. The number of hydrogen-bond donors (Lipinski definition) is 5. The van der Waals surface area contributed by atoms with Crippen molar-refractivity contribution in [1.29, 1.82) is 0 Å². The number of ketones is 1. The van der Waals surface area contributed by atoms with Crippen LogP contribution in [0.25, 0.3) is 16.6 Å². The van der Waals surface area contributed by atoms with Crippen LogP contribution in [0.15, 0.2) is 88.0 Å². The SMILES string of the molecule is CC.CC.CC.CC.CC.CC.CC.CC.CC.CC.CC(=O)N(C)C(C)=O.CC(=O)N(C)C=O.CC(=O)OC(C)=O.CC(C)=O.CN.Cc1c[nH]c(=O)c2cccn12.Cc1c[nH]c(=O)c2cccn12.Cc1c[nH]c(=O)c2cccn12.O=CO.[Y].[Y].[Y]. The number of aromatic amines is 3. The largest absolute Gasteiger partial charge is 0.483 e. The van der Waals surface area contributed by atoms with Crippen LogP contribution in [0.1, 0.15) is 204 Å². The maximum Gasteiger partial charge on any atom is 0.310 e. The van der Waals surface area contributed by atoms with E-state index in [9.17, 15) is 47.9 Å². The van der Waals surface area contributed by atoms with E-state index in [0.29, 0.717) is 23.0 Å². The molecule has 0 saturated carbocycles. The Hall–Kier alpha value is -4.70. The van der Waals surface area contributed by atoms with E-state index in [-0.39, 0.29) is 145 Å². The van der Waals surface area contributed by atoms with Gasteiger partial charge in [-0.05, 0) is 78.1 Å². The summed E-state index contributed by atoms with van der Waals surface area (Å²) >= 11 is 0. The average molecular weight is 1470 g/mol. The number of aryl methyl sites for hydroxylation is 3. The number of nitrogens with zero attached hydrogens (tertiary/aromatic N) is 5. The maximum atomic E-state index is 11.1. The molecule has 6 aromatic heterocycles. The molecule has 6 rings (SSSR count). The summed E-state index contributed by atoms with van der Waals surface area (Å²) in [5.74, 6) is -1.65. The van der Waals surface area contributed by atoms with Crippen molar-refractivity contribution in [2.45, 2.75) is 208 Å². The van der Waals surface area contributed by atoms with E-state index in [1.807, 2.05) is 209 Å². The summed E-state index contributed by atoms with van der Waals surface area (Å²) in [6, 6.07) is 11.0. The molecule has 0 aromatic carbocycles. The quantitative estimate of drug-likeness (QED) is 0.0581. The molecule has 0 fully saturated rings. The zero-order chi connectivity index (χ0) is 70.3. The van der Waals surface area contributed by atoms with Crippen molar-refractivity contribution in [3.05, 3.63) is 122 Å². The third-order valence-corrected chi connectivity index (χ3v) is 7.21. The van der Waals surface area contributed by atoms with Crippen molar-refractivity contribution in [2.75, 3.05) is 21.1 Å². The molecule has 6 heterocycles. The van der Waals surface area contributed by atoms with Gasteiger partial charge in [-0.1, -0.05) is 138 Å². The number of carboxylic acid groups (broad SMARTS) is 1. The molecule has 22 nitrogen and oxygen atoms in total. The average Bonchev–Trinajstić information content (AvgIpc) is 4.35. The Kier molecular flexibility index (Phi) is 139. The van der Waals surface area contributed by atoms with E-state index in [4.69, 9.17) is 9.90 Å². The normalized spacial score (nSPS) is 7.24. The first-order valence-corrected chi connectivity index (χ1v) is 28.6. The molecule has 0 saturated heterocycles. The van der Waals surface area contributed by atoms with Gasteiger partial charge in [0, 0.05) is 201 Å². The maximum absolute atomic E-state index is 11.1. The Morgan fingerprint density at radius 2 is 0.632 bits per heavy atom. The number of hydrogen-bond acceptors (Lipinski definition) is 13. The molecule has 6 aromatic rings.